The summed E-state index contributed by atoms with van der Waals surface area (Å²) in [6.07, 6.45) is 0.899. The van der Waals surface area contributed by atoms with Gasteiger partial charge in [-0.25, -0.2) is 4.79 Å². The van der Waals surface area contributed by atoms with E-state index >= 15 is 0 Å². The van der Waals surface area contributed by atoms with Crippen LogP contribution in [0.2, 0.25) is 0 Å². The first kappa shape index (κ1) is 16.1. The molecule has 1 N–H and O–H groups in total. The first-order valence-corrected chi connectivity index (χ1v) is 7.85. The van der Waals surface area contributed by atoms with Gasteiger partial charge in [0, 0.05) is 24.6 Å². The summed E-state index contributed by atoms with van der Waals surface area (Å²) in [7, 11) is 1.64. The molecule has 124 valence electrons. The first-order valence-electron chi connectivity index (χ1n) is 7.85. The van der Waals surface area contributed by atoms with Gasteiger partial charge in [0.1, 0.15) is 5.75 Å². The third-order valence-corrected chi connectivity index (χ3v) is 4.42. The van der Waals surface area contributed by atoms with Crippen molar-refractivity contribution in [1.82, 2.24) is 4.90 Å². The Bertz CT molecular complexity index is 754. The Hall–Kier alpha value is -2.82. The van der Waals surface area contributed by atoms with Gasteiger partial charge in [-0.2, -0.15) is 0 Å². The van der Waals surface area contributed by atoms with E-state index in [0.29, 0.717) is 24.6 Å². The van der Waals surface area contributed by atoms with Gasteiger partial charge in [-0.15, -0.1) is 0 Å². The lowest BCUT2D eigenvalue weighted by atomic mass is 9.98. The molecule has 3 rings (SSSR count). The minimum absolute atomic E-state index is 0.117. The maximum absolute atomic E-state index is 12.6. The first-order chi connectivity index (χ1) is 11.6. The van der Waals surface area contributed by atoms with E-state index < -0.39 is 5.97 Å². The van der Waals surface area contributed by atoms with Crippen molar-refractivity contribution in [2.45, 2.75) is 12.3 Å². The van der Waals surface area contributed by atoms with Gasteiger partial charge in [0.05, 0.1) is 12.7 Å². The summed E-state index contributed by atoms with van der Waals surface area (Å²) < 4.78 is 5.17. The maximum atomic E-state index is 12.6. The molecule has 1 atom stereocenters. The normalized spacial score (nSPS) is 16.9. The van der Waals surface area contributed by atoms with Crippen molar-refractivity contribution in [2.24, 2.45) is 0 Å². The number of carboxylic acids is 1. The molecule has 1 aliphatic rings. The van der Waals surface area contributed by atoms with E-state index in [1.165, 1.54) is 17.7 Å². The number of carboxylic acid groups (broad SMARTS) is 1. The molecule has 5 nitrogen and oxygen atoms in total. The van der Waals surface area contributed by atoms with Crippen LogP contribution in [0.25, 0.3) is 0 Å². The van der Waals surface area contributed by atoms with E-state index in [-0.39, 0.29) is 11.5 Å². The molecule has 2 aromatic carbocycles. The van der Waals surface area contributed by atoms with E-state index in [2.05, 4.69) is 0 Å². The molecule has 1 heterocycles. The fourth-order valence-electron chi connectivity index (χ4n) is 3.06. The zero-order valence-electron chi connectivity index (χ0n) is 13.4. The summed E-state index contributed by atoms with van der Waals surface area (Å²) in [5, 5.41) is 9.05. The summed E-state index contributed by atoms with van der Waals surface area (Å²) in [4.78, 5) is 25.5. The molecule has 5 heteroatoms. The minimum Gasteiger partial charge on any atom is -0.497 e. The quantitative estimate of drug-likeness (QED) is 0.938. The van der Waals surface area contributed by atoms with E-state index in [0.717, 1.165) is 12.2 Å². The molecular formula is C19H19NO4. The number of rotatable bonds is 4. The average molecular weight is 325 g/mol. The molecule has 1 amide bonds. The van der Waals surface area contributed by atoms with Gasteiger partial charge in [-0.3, -0.25) is 4.79 Å². The standard InChI is InChI=1S/C19H19NO4/c1-24-17-7-5-13(6-8-17)16-9-10-20(12-16)18(21)14-3-2-4-15(11-14)19(22)23/h2-8,11,16H,9-10,12H2,1H3,(H,22,23)/t16-/m0/s1. The maximum Gasteiger partial charge on any atom is 0.335 e. The van der Waals surface area contributed by atoms with Gasteiger partial charge >= 0.3 is 5.97 Å². The molecule has 0 spiro atoms. The van der Waals surface area contributed by atoms with Crippen molar-refractivity contribution < 1.29 is 19.4 Å². The van der Waals surface area contributed by atoms with Crippen LogP contribution in [0.15, 0.2) is 48.5 Å². The van der Waals surface area contributed by atoms with Crippen LogP contribution in [0, 0.1) is 0 Å². The Kier molecular flexibility index (Phi) is 4.51. The van der Waals surface area contributed by atoms with Crippen LogP contribution in [0.4, 0.5) is 0 Å². The van der Waals surface area contributed by atoms with Crippen LogP contribution in [-0.2, 0) is 0 Å². The van der Waals surface area contributed by atoms with E-state index in [1.54, 1.807) is 24.1 Å². The lowest BCUT2D eigenvalue weighted by molar-refractivity contribution is 0.0697. The van der Waals surface area contributed by atoms with Crippen LogP contribution in [-0.4, -0.2) is 42.1 Å². The molecular weight excluding hydrogens is 306 g/mol. The second-order valence-electron chi connectivity index (χ2n) is 5.90. The molecule has 0 unspecified atom stereocenters. The summed E-state index contributed by atoms with van der Waals surface area (Å²) in [6.45, 7) is 1.31. The molecule has 1 fully saturated rings. The van der Waals surface area contributed by atoms with Crippen LogP contribution in [0.5, 0.6) is 5.75 Å². The third-order valence-electron chi connectivity index (χ3n) is 4.42. The fourth-order valence-corrected chi connectivity index (χ4v) is 3.06. The Balaban J connectivity index is 1.71. The number of amides is 1. The minimum atomic E-state index is -1.03. The number of benzene rings is 2. The molecule has 0 aromatic heterocycles. The largest absolute Gasteiger partial charge is 0.497 e. The Morgan fingerprint density at radius 1 is 1.12 bits per heavy atom. The van der Waals surface area contributed by atoms with E-state index in [9.17, 15) is 9.59 Å². The zero-order chi connectivity index (χ0) is 17.1. The topological polar surface area (TPSA) is 66.8 Å². The smallest absolute Gasteiger partial charge is 0.335 e. The fraction of sp³-hybridized carbons (Fsp3) is 0.263. The Morgan fingerprint density at radius 2 is 1.83 bits per heavy atom. The predicted octanol–water partition coefficient (Wildman–Crippen LogP) is 3.02. The molecule has 0 aliphatic carbocycles. The number of carbonyl (C=O) groups excluding carboxylic acids is 1. The van der Waals surface area contributed by atoms with Gasteiger partial charge in [-0.05, 0) is 42.3 Å². The molecule has 0 radical (unpaired) electrons. The summed E-state index contributed by atoms with van der Waals surface area (Å²) in [6, 6.07) is 14.1. The highest BCUT2D eigenvalue weighted by atomic mass is 16.5. The van der Waals surface area contributed by atoms with Gasteiger partial charge in [-0.1, -0.05) is 18.2 Å². The molecule has 0 bridgehead atoms. The second-order valence-corrected chi connectivity index (χ2v) is 5.90. The number of methoxy groups -OCH3 is 1. The van der Waals surface area contributed by atoms with Crippen LogP contribution < -0.4 is 4.74 Å². The van der Waals surface area contributed by atoms with Gasteiger partial charge in [0.25, 0.3) is 5.91 Å². The van der Waals surface area contributed by atoms with Crippen molar-refractivity contribution in [3.63, 3.8) is 0 Å². The molecule has 0 saturated carbocycles. The number of hydrogen-bond acceptors (Lipinski definition) is 3. The Morgan fingerprint density at radius 3 is 2.50 bits per heavy atom. The number of aromatic carboxylic acids is 1. The van der Waals surface area contributed by atoms with Crippen LogP contribution in [0.3, 0.4) is 0 Å². The highest BCUT2D eigenvalue weighted by Crippen LogP contribution is 2.29. The monoisotopic (exact) mass is 325 g/mol. The van der Waals surface area contributed by atoms with Crippen LogP contribution in [0.1, 0.15) is 38.6 Å². The summed E-state index contributed by atoms with van der Waals surface area (Å²) >= 11 is 0. The van der Waals surface area contributed by atoms with Crippen molar-refractivity contribution in [3.05, 3.63) is 65.2 Å². The van der Waals surface area contributed by atoms with Gasteiger partial charge < -0.3 is 14.7 Å². The highest BCUT2D eigenvalue weighted by molar-refractivity contribution is 5.97. The lowest BCUT2D eigenvalue weighted by Gasteiger charge is -2.17. The molecule has 24 heavy (non-hydrogen) atoms. The predicted molar refractivity (Wildman–Crippen MR) is 89.7 cm³/mol. The summed E-state index contributed by atoms with van der Waals surface area (Å²) in [5.41, 5.74) is 1.74. The number of carbonyl (C=O) groups is 2. The molecule has 1 saturated heterocycles. The van der Waals surface area contributed by atoms with Gasteiger partial charge in [0.15, 0.2) is 0 Å². The van der Waals surface area contributed by atoms with Crippen molar-refractivity contribution in [3.8, 4) is 5.75 Å². The van der Waals surface area contributed by atoms with Crippen molar-refractivity contribution in [1.29, 1.82) is 0 Å². The number of ether oxygens (including phenoxy) is 1. The Labute approximate surface area is 140 Å². The SMILES string of the molecule is COc1ccc([C@H]2CCN(C(=O)c3cccc(C(=O)O)c3)C2)cc1. The number of hydrogen-bond donors (Lipinski definition) is 1. The van der Waals surface area contributed by atoms with Gasteiger partial charge in [0.2, 0.25) is 0 Å². The number of nitrogens with zero attached hydrogens (tertiary/aromatic N) is 1. The summed E-state index contributed by atoms with van der Waals surface area (Å²) in [5.74, 6) is -0.0334. The van der Waals surface area contributed by atoms with Crippen molar-refractivity contribution in [2.75, 3.05) is 20.2 Å². The average Bonchev–Trinajstić information content (AvgIpc) is 3.11. The van der Waals surface area contributed by atoms with Crippen LogP contribution >= 0.6 is 0 Å². The molecule has 1 aliphatic heterocycles. The highest BCUT2D eigenvalue weighted by Gasteiger charge is 2.28. The lowest BCUT2D eigenvalue weighted by Crippen LogP contribution is -2.28. The van der Waals surface area contributed by atoms with E-state index in [1.807, 2.05) is 24.3 Å². The second kappa shape index (κ2) is 6.74. The van der Waals surface area contributed by atoms with Crippen molar-refractivity contribution >= 4 is 11.9 Å². The molecule has 2 aromatic rings. The third kappa shape index (κ3) is 3.25. The van der Waals surface area contributed by atoms with E-state index in [4.69, 9.17) is 9.84 Å². The number of likely N-dealkylation sites (tertiary alicyclic amines) is 1. The zero-order valence-corrected chi connectivity index (χ0v) is 13.4.